The van der Waals surface area contributed by atoms with Crippen LogP contribution in [0, 0.1) is 80.5 Å². The van der Waals surface area contributed by atoms with Crippen molar-refractivity contribution < 1.29 is 76.2 Å². The van der Waals surface area contributed by atoms with E-state index in [1.165, 1.54) is 66.7 Å². The number of benzene rings is 19. The molecule has 4 aromatic heterocycles. The fourth-order valence-electron chi connectivity index (χ4n) is 21.8. The Morgan fingerprint density at radius 1 is 0.246 bits per heavy atom. The molecule has 0 saturated heterocycles. The van der Waals surface area contributed by atoms with E-state index in [2.05, 4.69) is 319 Å². The second-order valence-electron chi connectivity index (χ2n) is 34.7. The molecule has 0 radical (unpaired) electrons. The van der Waals surface area contributed by atoms with Crippen LogP contribution in [0.5, 0.6) is 0 Å². The molecule has 9 nitrogen and oxygen atoms in total. The van der Waals surface area contributed by atoms with Crippen molar-refractivity contribution in [2.45, 2.75) is 44.9 Å². The zero-order valence-electron chi connectivity index (χ0n) is 74.7. The summed E-state index contributed by atoms with van der Waals surface area (Å²) in [7, 11) is -1.38. The van der Waals surface area contributed by atoms with Gasteiger partial charge in [0.25, 0.3) is 0 Å². The average Bonchev–Trinajstić information content (AvgIpc) is 1.47. The van der Waals surface area contributed by atoms with E-state index in [-0.39, 0.29) is 36.5 Å². The van der Waals surface area contributed by atoms with Crippen molar-refractivity contribution in [3.8, 4) is 74.3 Å². The normalized spacial score (nSPS) is 12.3. The zero-order valence-corrected chi connectivity index (χ0v) is 77.3. The molecule has 4 heterocycles. The first-order valence-electron chi connectivity index (χ1n) is 44.9. The third-order valence-electron chi connectivity index (χ3n) is 27.6. The maximum atomic E-state index is 14.4. The quantitative estimate of drug-likeness (QED) is 0.0710. The molecule has 27 rings (SSSR count). The van der Waals surface area contributed by atoms with Gasteiger partial charge in [0, 0.05) is 48.7 Å². The molecule has 0 fully saturated rings. The van der Waals surface area contributed by atoms with Gasteiger partial charge in [0.2, 0.25) is 0 Å². The van der Waals surface area contributed by atoms with Crippen LogP contribution < -0.4 is 35.0 Å². The number of aryl methyl sites for hydroxylation is 6. The van der Waals surface area contributed by atoms with E-state index in [9.17, 15) is 50.4 Å². The van der Waals surface area contributed by atoms with E-state index >= 15 is 0 Å². The topological polar surface area (TPSA) is 132 Å². The summed E-state index contributed by atoms with van der Waals surface area (Å²) in [5, 5.41) is 63.5. The van der Waals surface area contributed by atoms with Crippen LogP contribution in [0.25, 0.3) is 176 Å². The molecule has 4 aliphatic rings. The Morgan fingerprint density at radius 3 is 0.812 bits per heavy atom. The summed E-state index contributed by atoms with van der Waals surface area (Å²) in [4.78, 5) is 0. The molecule has 0 spiro atoms. The van der Waals surface area contributed by atoms with Crippen LogP contribution in [-0.4, -0.2) is 35.4 Å². The number of hydrogen-bond donors (Lipinski definition) is 2. The number of para-hydroxylation sites is 8. The van der Waals surface area contributed by atoms with Gasteiger partial charge in [0.05, 0.1) is 76.9 Å². The van der Waals surface area contributed by atoms with E-state index in [1.807, 2.05) is 30.3 Å². The smallest absolute Gasteiger partial charge is 1.00 e. The third kappa shape index (κ3) is 13.9. The predicted molar refractivity (Wildman–Crippen MR) is 536 cm³/mol. The van der Waals surface area contributed by atoms with Gasteiger partial charge in [-0.05, 0) is 214 Å². The Bertz CT molecular complexity index is 8690. The summed E-state index contributed by atoms with van der Waals surface area (Å²) >= 11 is 2.30. The van der Waals surface area contributed by atoms with Crippen molar-refractivity contribution in [1.29, 1.82) is 15.8 Å². The van der Waals surface area contributed by atoms with Gasteiger partial charge in [-0.3, -0.25) is 0 Å². The van der Waals surface area contributed by atoms with Crippen molar-refractivity contribution in [3.05, 3.63) is 446 Å². The van der Waals surface area contributed by atoms with Crippen LogP contribution in [0.4, 0.5) is 35.1 Å². The Morgan fingerprint density at radius 2 is 0.493 bits per heavy atom. The minimum atomic E-state index is -1.70. The van der Waals surface area contributed by atoms with Crippen molar-refractivity contribution in [1.82, 2.24) is 18.3 Å². The number of rotatable bonds is 7. The average molecular weight is 1890 g/mol. The molecule has 138 heavy (non-hydrogen) atoms. The molecule has 0 saturated carbocycles. The molecular weight excluding hydrogens is 1810 g/mol. The van der Waals surface area contributed by atoms with Gasteiger partial charge in [0.1, 0.15) is 34.9 Å². The van der Waals surface area contributed by atoms with Crippen LogP contribution in [0.1, 0.15) is 62.6 Å². The molecule has 0 atom stereocenters. The summed E-state index contributed by atoms with van der Waals surface area (Å²) < 4.78 is 116. The maximum Gasteiger partial charge on any atom is 1.00 e. The SMILES string of the molecule is N#Cc1c(-n2c3ccccc3c3ccccc32)c(-n2c3ccccc3c3ccccc32)c(-c2ccc3c4c(cccc24)CC3)c(-n2c3ccccc3c3ccccc32)c1-n1c2ccccc2c2ccccc21.N#Cc1c(F)c(F)c(-c2ccc3c4c(cccc24)CC3)c(F)c1F.N#Cc1c(F)c(F)c(Br)c(F)c1F.OB(O)c1ccc2c3c(cccc13)CC2.[H-].[Na+].c1ccc2c(c1)Cc1ccccc1-2. The van der Waals surface area contributed by atoms with Gasteiger partial charge in [-0.2, -0.15) is 15.8 Å². The Hall–Kier alpha value is -15.5. The van der Waals surface area contributed by atoms with Crippen molar-refractivity contribution in [2.24, 2.45) is 0 Å². The summed E-state index contributed by atoms with van der Waals surface area (Å²) in [5.41, 5.74) is 25.2. The number of fused-ring (bicyclic) bond motifs is 15. The first-order valence-corrected chi connectivity index (χ1v) is 45.7. The molecule has 4 aliphatic carbocycles. The van der Waals surface area contributed by atoms with Crippen LogP contribution in [0.3, 0.4) is 0 Å². The maximum absolute atomic E-state index is 14.4. The van der Waals surface area contributed by atoms with Gasteiger partial charge in [-0.15, -0.1) is 0 Å². The number of halogens is 9. The van der Waals surface area contributed by atoms with Gasteiger partial charge >= 0.3 is 36.7 Å². The van der Waals surface area contributed by atoms with Crippen LogP contribution in [-0.2, 0) is 44.9 Å². The van der Waals surface area contributed by atoms with Crippen molar-refractivity contribution >= 4 is 148 Å². The van der Waals surface area contributed by atoms with Crippen LogP contribution in [0.15, 0.2) is 338 Å². The van der Waals surface area contributed by atoms with E-state index in [1.54, 1.807) is 18.2 Å². The molecule has 0 unspecified atom stereocenters. The Balaban J connectivity index is 0.000000137. The fourth-order valence-corrected chi connectivity index (χ4v) is 22.1. The van der Waals surface area contributed by atoms with Gasteiger partial charge in [-0.1, -0.05) is 285 Å². The third-order valence-corrected chi connectivity index (χ3v) is 28.3. The number of nitrogens with zero attached hydrogens (tertiary/aromatic N) is 7. The molecule has 20 heteroatoms. The molecule has 2 N–H and O–H groups in total. The van der Waals surface area contributed by atoms with Crippen LogP contribution in [0.2, 0.25) is 0 Å². The number of aromatic nitrogens is 4. The second kappa shape index (κ2) is 35.3. The monoisotopic (exact) mass is 1880 g/mol. The molecular formula is C118H72BBrF8N7NaO2. The van der Waals surface area contributed by atoms with E-state index in [4.69, 9.17) is 10.5 Å². The summed E-state index contributed by atoms with van der Waals surface area (Å²) in [6.07, 6.45) is 6.88. The van der Waals surface area contributed by atoms with Crippen molar-refractivity contribution in [2.75, 3.05) is 0 Å². The fraction of sp³-hybridized carbons (Fsp3) is 0.0593. The van der Waals surface area contributed by atoms with Gasteiger partial charge in [0.15, 0.2) is 46.5 Å². The standard InChI is InChI=1S/C67H41N5.C19H9F4N.C13H10.C12H11BO2.C7BrF4N.Na.H/c68-40-53-64(69-54-28-9-1-19-43(54)44-20-2-10-29-55(44)69)66(71-58-32-13-5-23-47(58)48-24-6-14-33-59(48)71)63(52-39-38-42-37-36-41-18-17-27-51(52)62(41)42)67(72-60-34-15-7-25-49(60)50-26-8-16-35-61(50)72)65(53)70-56-30-11-3-21-45(56)46-22-4-12-31-57(46)70;20-16-13(8-24)17(21)19(23)15(18(16)22)12-7-6-10-5-4-9-2-1-3-11(12)14(9)10;1-3-7-12-10(5-1)9-11-6-2-4-8-13(11)12;14-13(15)11-7-6-9-5-4-8-2-1-3-10(11)12(8)9;8-3-6(11)4(9)2(1-13)5(10)7(3)12;;/h1-35,38-39H,36-37H2;1-3,6-7H,4-5H2;1-8H,9H2;1-3,6-7,14-15H,4-5H2;;;/q;;;;;+1;-1. The predicted octanol–water partition coefficient (Wildman–Crippen LogP) is 25.8. The number of nitriles is 3. The largest absolute Gasteiger partial charge is 1.00 e. The van der Waals surface area contributed by atoms with Crippen molar-refractivity contribution in [3.63, 3.8) is 0 Å². The van der Waals surface area contributed by atoms with E-state index in [0.29, 0.717) is 16.4 Å². The molecule has 19 aromatic carbocycles. The zero-order chi connectivity index (χ0) is 93.4. The van der Waals surface area contributed by atoms with E-state index < -0.39 is 74.8 Å². The summed E-state index contributed by atoms with van der Waals surface area (Å²) in [5.74, 6) is -13.1. The first kappa shape index (κ1) is 87.9. The molecule has 23 aromatic rings. The molecule has 658 valence electrons. The minimum absolute atomic E-state index is 0. The molecule has 0 aliphatic heterocycles. The van der Waals surface area contributed by atoms with Crippen LogP contribution >= 0.6 is 15.9 Å². The second-order valence-corrected chi connectivity index (χ2v) is 35.4. The van der Waals surface area contributed by atoms with Gasteiger partial charge in [-0.25, -0.2) is 35.1 Å². The minimum Gasteiger partial charge on any atom is -1.00 e. The molecule has 0 bridgehead atoms. The van der Waals surface area contributed by atoms with E-state index in [0.717, 1.165) is 200 Å². The Labute approximate surface area is 817 Å². The summed E-state index contributed by atoms with van der Waals surface area (Å²) in [6.45, 7) is 0. The Kier molecular flexibility index (Phi) is 22.5. The first-order chi connectivity index (χ1) is 67.0. The van der Waals surface area contributed by atoms with Gasteiger partial charge < -0.3 is 29.7 Å². The summed E-state index contributed by atoms with van der Waals surface area (Å²) in [6, 6.07) is 123. The number of hydrogen-bond acceptors (Lipinski definition) is 5. The molecule has 0 amide bonds.